The molecule has 0 radical (unpaired) electrons. The van der Waals surface area contributed by atoms with E-state index >= 15 is 0 Å². The zero-order chi connectivity index (χ0) is 9.97. The van der Waals surface area contributed by atoms with Gasteiger partial charge in [-0.3, -0.25) is 0 Å². The topological polar surface area (TPSA) is 12.9 Å². The zero-order valence-electron chi connectivity index (χ0n) is 7.83. The number of alkyl halides is 1. The Labute approximate surface area is 95.9 Å². The second-order valence-corrected chi connectivity index (χ2v) is 4.57. The SMILES string of the molecule is Cc1cccc(-c2nc(CBr)cs2)c1. The summed E-state index contributed by atoms with van der Waals surface area (Å²) < 4.78 is 0. The minimum Gasteiger partial charge on any atom is -0.240 e. The number of hydrogen-bond acceptors (Lipinski definition) is 2. The quantitative estimate of drug-likeness (QED) is 0.750. The molecule has 72 valence electrons. The molecule has 0 bridgehead atoms. The van der Waals surface area contributed by atoms with Crippen molar-refractivity contribution < 1.29 is 0 Å². The zero-order valence-corrected chi connectivity index (χ0v) is 10.2. The lowest BCUT2D eigenvalue weighted by molar-refractivity contribution is 1.25. The maximum absolute atomic E-state index is 4.51. The molecule has 1 nitrogen and oxygen atoms in total. The highest BCUT2D eigenvalue weighted by atomic mass is 79.9. The van der Waals surface area contributed by atoms with Crippen LogP contribution >= 0.6 is 27.3 Å². The Morgan fingerprint density at radius 1 is 1.43 bits per heavy atom. The van der Waals surface area contributed by atoms with Crippen molar-refractivity contribution in [3.8, 4) is 10.6 Å². The van der Waals surface area contributed by atoms with Crippen LogP contribution in [0.15, 0.2) is 29.6 Å². The maximum Gasteiger partial charge on any atom is 0.123 e. The number of benzene rings is 1. The van der Waals surface area contributed by atoms with Crippen molar-refractivity contribution in [2.45, 2.75) is 12.3 Å². The van der Waals surface area contributed by atoms with Gasteiger partial charge in [-0.1, -0.05) is 39.7 Å². The predicted octanol–water partition coefficient (Wildman–Crippen LogP) is 4.01. The van der Waals surface area contributed by atoms with Gasteiger partial charge in [0.25, 0.3) is 0 Å². The first-order valence-electron chi connectivity index (χ1n) is 4.37. The molecular formula is C11H10BrNS. The highest BCUT2D eigenvalue weighted by Crippen LogP contribution is 2.24. The van der Waals surface area contributed by atoms with Crippen LogP contribution in [0.4, 0.5) is 0 Å². The van der Waals surface area contributed by atoms with E-state index in [9.17, 15) is 0 Å². The first kappa shape index (κ1) is 9.87. The van der Waals surface area contributed by atoms with Crippen LogP contribution in [0.2, 0.25) is 0 Å². The summed E-state index contributed by atoms with van der Waals surface area (Å²) >= 11 is 5.10. The molecular weight excluding hydrogens is 258 g/mol. The second-order valence-electron chi connectivity index (χ2n) is 3.15. The average molecular weight is 268 g/mol. The largest absolute Gasteiger partial charge is 0.240 e. The summed E-state index contributed by atoms with van der Waals surface area (Å²) in [6, 6.07) is 8.43. The predicted molar refractivity (Wildman–Crippen MR) is 64.9 cm³/mol. The molecule has 1 heterocycles. The molecule has 1 aromatic carbocycles. The number of nitrogens with zero attached hydrogens (tertiary/aromatic N) is 1. The summed E-state index contributed by atoms with van der Waals surface area (Å²) in [4.78, 5) is 4.51. The summed E-state index contributed by atoms with van der Waals surface area (Å²) in [5.41, 5.74) is 3.59. The van der Waals surface area contributed by atoms with Gasteiger partial charge in [0.2, 0.25) is 0 Å². The molecule has 0 aliphatic rings. The molecule has 3 heteroatoms. The molecule has 0 saturated heterocycles. The summed E-state index contributed by atoms with van der Waals surface area (Å²) in [6.07, 6.45) is 0. The van der Waals surface area contributed by atoms with Crippen molar-refractivity contribution in [2.24, 2.45) is 0 Å². The molecule has 0 saturated carbocycles. The van der Waals surface area contributed by atoms with Crippen molar-refractivity contribution in [3.63, 3.8) is 0 Å². The third-order valence-electron chi connectivity index (χ3n) is 1.95. The third-order valence-corrected chi connectivity index (χ3v) is 3.47. The number of aromatic nitrogens is 1. The van der Waals surface area contributed by atoms with Gasteiger partial charge in [0.15, 0.2) is 0 Å². The molecule has 0 unspecified atom stereocenters. The van der Waals surface area contributed by atoms with Crippen molar-refractivity contribution in [1.29, 1.82) is 0 Å². The van der Waals surface area contributed by atoms with Crippen LogP contribution in [0, 0.1) is 6.92 Å². The van der Waals surface area contributed by atoms with Gasteiger partial charge in [0.1, 0.15) is 5.01 Å². The van der Waals surface area contributed by atoms with Crippen LogP contribution in [-0.4, -0.2) is 4.98 Å². The van der Waals surface area contributed by atoms with E-state index in [0.717, 1.165) is 16.0 Å². The number of aryl methyl sites for hydroxylation is 1. The Balaban J connectivity index is 2.39. The lowest BCUT2D eigenvalue weighted by Gasteiger charge is -1.96. The molecule has 0 fully saturated rings. The molecule has 0 atom stereocenters. The van der Waals surface area contributed by atoms with E-state index in [-0.39, 0.29) is 0 Å². The van der Waals surface area contributed by atoms with E-state index in [4.69, 9.17) is 0 Å². The molecule has 0 amide bonds. The summed E-state index contributed by atoms with van der Waals surface area (Å²) in [5.74, 6) is 0. The van der Waals surface area contributed by atoms with Crippen LogP contribution in [0.1, 0.15) is 11.3 Å². The molecule has 1 aromatic heterocycles. The van der Waals surface area contributed by atoms with Crippen molar-refractivity contribution in [1.82, 2.24) is 4.98 Å². The van der Waals surface area contributed by atoms with E-state index in [1.54, 1.807) is 11.3 Å². The fourth-order valence-electron chi connectivity index (χ4n) is 1.28. The van der Waals surface area contributed by atoms with Gasteiger partial charge < -0.3 is 0 Å². The Bertz CT molecular complexity index is 436. The molecule has 0 aliphatic heterocycles. The fourth-order valence-corrected chi connectivity index (χ4v) is 2.60. The number of hydrogen-bond donors (Lipinski definition) is 0. The van der Waals surface area contributed by atoms with Crippen LogP contribution in [-0.2, 0) is 5.33 Å². The Morgan fingerprint density at radius 3 is 2.93 bits per heavy atom. The van der Waals surface area contributed by atoms with E-state index < -0.39 is 0 Å². The van der Waals surface area contributed by atoms with Crippen LogP contribution in [0.5, 0.6) is 0 Å². The van der Waals surface area contributed by atoms with Crippen LogP contribution in [0.3, 0.4) is 0 Å². The van der Waals surface area contributed by atoms with Crippen molar-refractivity contribution in [3.05, 3.63) is 40.9 Å². The molecule has 14 heavy (non-hydrogen) atoms. The van der Waals surface area contributed by atoms with Crippen LogP contribution < -0.4 is 0 Å². The first-order chi connectivity index (χ1) is 6.79. The van der Waals surface area contributed by atoms with E-state index in [1.807, 2.05) is 0 Å². The van der Waals surface area contributed by atoms with Gasteiger partial charge >= 0.3 is 0 Å². The highest BCUT2D eigenvalue weighted by molar-refractivity contribution is 9.08. The van der Waals surface area contributed by atoms with Gasteiger partial charge in [0, 0.05) is 16.3 Å². The summed E-state index contributed by atoms with van der Waals surface area (Å²) in [5, 5.41) is 4.02. The lowest BCUT2D eigenvalue weighted by Crippen LogP contribution is -1.80. The number of halogens is 1. The number of thiazole rings is 1. The van der Waals surface area contributed by atoms with Crippen molar-refractivity contribution in [2.75, 3.05) is 0 Å². The molecule has 0 spiro atoms. The monoisotopic (exact) mass is 267 g/mol. The molecule has 0 aliphatic carbocycles. The van der Waals surface area contributed by atoms with E-state index in [0.29, 0.717) is 0 Å². The Hall–Kier alpha value is -0.670. The fraction of sp³-hybridized carbons (Fsp3) is 0.182. The lowest BCUT2D eigenvalue weighted by atomic mass is 10.1. The average Bonchev–Trinajstić information content (AvgIpc) is 2.66. The van der Waals surface area contributed by atoms with Crippen molar-refractivity contribution >= 4 is 27.3 Å². The summed E-state index contributed by atoms with van der Waals surface area (Å²) in [7, 11) is 0. The van der Waals surface area contributed by atoms with Gasteiger partial charge in [-0.2, -0.15) is 0 Å². The molecule has 2 rings (SSSR count). The number of rotatable bonds is 2. The normalized spacial score (nSPS) is 10.4. The van der Waals surface area contributed by atoms with Gasteiger partial charge in [-0.05, 0) is 13.0 Å². The second kappa shape index (κ2) is 4.24. The maximum atomic E-state index is 4.51. The minimum absolute atomic E-state index is 0.829. The van der Waals surface area contributed by atoms with Crippen LogP contribution in [0.25, 0.3) is 10.6 Å². The standard InChI is InChI=1S/C11H10BrNS/c1-8-3-2-4-9(5-8)11-13-10(6-12)7-14-11/h2-5,7H,6H2,1H3. The van der Waals surface area contributed by atoms with Gasteiger partial charge in [-0.25, -0.2) is 4.98 Å². The highest BCUT2D eigenvalue weighted by Gasteiger charge is 2.03. The summed E-state index contributed by atoms with van der Waals surface area (Å²) in [6.45, 7) is 2.10. The van der Waals surface area contributed by atoms with E-state index in [1.165, 1.54) is 11.1 Å². The Kier molecular flexibility index (Phi) is 2.99. The molecule has 0 N–H and O–H groups in total. The minimum atomic E-state index is 0.829. The van der Waals surface area contributed by atoms with Gasteiger partial charge in [-0.15, -0.1) is 11.3 Å². The van der Waals surface area contributed by atoms with E-state index in [2.05, 4.69) is 57.5 Å². The molecule has 2 aromatic rings. The van der Waals surface area contributed by atoms with Gasteiger partial charge in [0.05, 0.1) is 5.69 Å². The first-order valence-corrected chi connectivity index (χ1v) is 6.37. The third kappa shape index (κ3) is 2.04. The Morgan fingerprint density at radius 2 is 2.29 bits per heavy atom. The smallest absolute Gasteiger partial charge is 0.123 e.